The normalized spacial score (nSPS) is 10.7. The summed E-state index contributed by atoms with van der Waals surface area (Å²) in [7, 11) is 0. The summed E-state index contributed by atoms with van der Waals surface area (Å²) in [4.78, 5) is 15.8. The maximum Gasteiger partial charge on any atom is 0.255 e. The van der Waals surface area contributed by atoms with Gasteiger partial charge in [0, 0.05) is 12.7 Å². The highest BCUT2D eigenvalue weighted by Crippen LogP contribution is 2.11. The number of rotatable bonds is 13. The molecule has 5 heteroatoms. The molecular formula is C18H30FN3O. The number of alkyl halides is 1. The summed E-state index contributed by atoms with van der Waals surface area (Å²) in [5, 5.41) is 2.88. The number of hydrogen-bond donors (Lipinski definition) is 2. The van der Waals surface area contributed by atoms with Crippen LogP contribution >= 0.6 is 0 Å². The Morgan fingerprint density at radius 3 is 2.13 bits per heavy atom. The molecule has 0 aliphatic rings. The molecule has 1 amide bonds. The molecule has 23 heavy (non-hydrogen) atoms. The first-order chi connectivity index (χ1) is 11.3. The van der Waals surface area contributed by atoms with E-state index in [0.29, 0.717) is 12.1 Å². The van der Waals surface area contributed by atoms with E-state index in [4.69, 9.17) is 5.73 Å². The van der Waals surface area contributed by atoms with Gasteiger partial charge in [-0.1, -0.05) is 51.4 Å². The quantitative estimate of drug-likeness (QED) is 0.533. The van der Waals surface area contributed by atoms with Gasteiger partial charge in [-0.2, -0.15) is 0 Å². The lowest BCUT2D eigenvalue weighted by molar-refractivity contribution is 0.0953. The lowest BCUT2D eigenvalue weighted by Gasteiger charge is -2.06. The predicted molar refractivity (Wildman–Crippen MR) is 93.1 cm³/mol. The fourth-order valence-corrected chi connectivity index (χ4v) is 2.54. The van der Waals surface area contributed by atoms with Crippen LogP contribution in [0, 0.1) is 0 Å². The number of nitrogens with one attached hydrogen (secondary N) is 1. The molecule has 0 radical (unpaired) electrons. The average molecular weight is 323 g/mol. The summed E-state index contributed by atoms with van der Waals surface area (Å²) in [5.74, 6) is 0.125. The second-order valence-electron chi connectivity index (χ2n) is 5.92. The van der Waals surface area contributed by atoms with Gasteiger partial charge in [-0.25, -0.2) is 4.98 Å². The van der Waals surface area contributed by atoms with E-state index in [-0.39, 0.29) is 18.4 Å². The Kier molecular flexibility index (Phi) is 10.8. The zero-order valence-electron chi connectivity index (χ0n) is 14.0. The van der Waals surface area contributed by atoms with Crippen molar-refractivity contribution < 1.29 is 9.18 Å². The molecule has 1 heterocycles. The SMILES string of the molecule is Nc1ncccc1C(=O)NCCCCCCCCCCCCF. The molecule has 0 bridgehead atoms. The topological polar surface area (TPSA) is 68.0 Å². The van der Waals surface area contributed by atoms with E-state index in [2.05, 4.69) is 10.3 Å². The maximum absolute atomic E-state index is 11.9. The van der Waals surface area contributed by atoms with Crippen molar-refractivity contribution in [3.05, 3.63) is 23.9 Å². The van der Waals surface area contributed by atoms with Gasteiger partial charge in [0.25, 0.3) is 5.91 Å². The van der Waals surface area contributed by atoms with E-state index < -0.39 is 0 Å². The molecule has 1 aromatic heterocycles. The minimum absolute atomic E-state index is 0.149. The second-order valence-corrected chi connectivity index (χ2v) is 5.92. The van der Waals surface area contributed by atoms with Crippen LogP contribution in [0.1, 0.15) is 74.6 Å². The fraction of sp³-hybridized carbons (Fsp3) is 0.667. The molecule has 0 unspecified atom stereocenters. The molecule has 0 aliphatic heterocycles. The largest absolute Gasteiger partial charge is 0.383 e. The number of nitrogens with two attached hydrogens (primary N) is 1. The molecule has 3 N–H and O–H groups in total. The van der Waals surface area contributed by atoms with Crippen molar-refractivity contribution in [2.45, 2.75) is 64.2 Å². The van der Waals surface area contributed by atoms with Gasteiger partial charge >= 0.3 is 0 Å². The van der Waals surface area contributed by atoms with E-state index in [1.54, 1.807) is 18.3 Å². The number of nitrogen functional groups attached to an aromatic ring is 1. The third-order valence-electron chi connectivity index (χ3n) is 3.93. The number of nitrogens with zero attached hydrogens (tertiary/aromatic N) is 1. The van der Waals surface area contributed by atoms with E-state index in [9.17, 15) is 9.18 Å². The van der Waals surface area contributed by atoms with Gasteiger partial charge in [0.1, 0.15) is 5.82 Å². The molecule has 0 saturated heterocycles. The van der Waals surface area contributed by atoms with Crippen molar-refractivity contribution in [3.8, 4) is 0 Å². The van der Waals surface area contributed by atoms with Crippen molar-refractivity contribution >= 4 is 11.7 Å². The van der Waals surface area contributed by atoms with Crippen LogP contribution in [0.4, 0.5) is 10.2 Å². The lowest BCUT2D eigenvalue weighted by Crippen LogP contribution is -2.25. The van der Waals surface area contributed by atoms with Crippen molar-refractivity contribution in [1.82, 2.24) is 10.3 Å². The van der Waals surface area contributed by atoms with Gasteiger partial charge in [-0.3, -0.25) is 9.18 Å². The Morgan fingerprint density at radius 2 is 1.57 bits per heavy atom. The van der Waals surface area contributed by atoms with E-state index in [0.717, 1.165) is 32.1 Å². The first kappa shape index (κ1) is 19.4. The van der Waals surface area contributed by atoms with Crippen molar-refractivity contribution in [1.29, 1.82) is 0 Å². The van der Waals surface area contributed by atoms with Crippen LogP contribution in [-0.2, 0) is 0 Å². The van der Waals surface area contributed by atoms with Crippen molar-refractivity contribution in [3.63, 3.8) is 0 Å². The summed E-state index contributed by atoms with van der Waals surface area (Å²) < 4.78 is 11.9. The Morgan fingerprint density at radius 1 is 1.00 bits per heavy atom. The van der Waals surface area contributed by atoms with Crippen LogP contribution < -0.4 is 11.1 Å². The highest BCUT2D eigenvalue weighted by Gasteiger charge is 2.08. The van der Waals surface area contributed by atoms with Gasteiger partial charge in [-0.05, 0) is 25.0 Å². The highest BCUT2D eigenvalue weighted by atomic mass is 19.1. The lowest BCUT2D eigenvalue weighted by atomic mass is 10.1. The van der Waals surface area contributed by atoms with Crippen molar-refractivity contribution in [2.24, 2.45) is 0 Å². The molecule has 130 valence electrons. The highest BCUT2D eigenvalue weighted by molar-refractivity contribution is 5.98. The Balaban J connectivity index is 1.92. The molecule has 0 fully saturated rings. The molecule has 0 saturated carbocycles. The molecule has 1 aromatic rings. The van der Waals surface area contributed by atoms with E-state index in [1.807, 2.05) is 0 Å². The molecule has 0 spiro atoms. The summed E-state index contributed by atoms with van der Waals surface area (Å²) in [6, 6.07) is 3.40. The number of amides is 1. The number of pyridine rings is 1. The fourth-order valence-electron chi connectivity index (χ4n) is 2.54. The molecule has 0 atom stereocenters. The molecule has 0 aliphatic carbocycles. The molecule has 0 aromatic carbocycles. The Labute approximate surface area is 139 Å². The summed E-state index contributed by atoms with van der Waals surface area (Å²) >= 11 is 0. The van der Waals surface area contributed by atoms with Gasteiger partial charge in [-0.15, -0.1) is 0 Å². The standard InChI is InChI=1S/C18H30FN3O/c19-13-9-7-5-3-1-2-4-6-8-10-14-22-18(23)16-12-11-15-21-17(16)20/h11-12,15H,1-10,13-14H2,(H2,20,21)(H,22,23). The minimum atomic E-state index is -0.177. The average Bonchev–Trinajstić information content (AvgIpc) is 2.56. The van der Waals surface area contributed by atoms with E-state index >= 15 is 0 Å². The van der Waals surface area contributed by atoms with Gasteiger partial charge in [0.15, 0.2) is 0 Å². The maximum atomic E-state index is 11.9. The number of anilines is 1. The van der Waals surface area contributed by atoms with Crippen LogP contribution in [-0.4, -0.2) is 24.1 Å². The van der Waals surface area contributed by atoms with Gasteiger partial charge < -0.3 is 11.1 Å². The van der Waals surface area contributed by atoms with Gasteiger partial charge in [0.2, 0.25) is 0 Å². The van der Waals surface area contributed by atoms with Gasteiger partial charge in [0.05, 0.1) is 12.2 Å². The van der Waals surface area contributed by atoms with Crippen LogP contribution in [0.25, 0.3) is 0 Å². The monoisotopic (exact) mass is 323 g/mol. The Bertz CT molecular complexity index is 440. The summed E-state index contributed by atoms with van der Waals surface area (Å²) in [6.45, 7) is 0.500. The number of hydrogen-bond acceptors (Lipinski definition) is 3. The number of aromatic nitrogens is 1. The first-order valence-electron chi connectivity index (χ1n) is 8.80. The molecule has 4 nitrogen and oxygen atoms in total. The number of carbonyl (C=O) groups excluding carboxylic acids is 1. The third-order valence-corrected chi connectivity index (χ3v) is 3.93. The van der Waals surface area contributed by atoms with Crippen LogP contribution in [0.2, 0.25) is 0 Å². The third kappa shape index (κ3) is 9.16. The smallest absolute Gasteiger partial charge is 0.255 e. The van der Waals surface area contributed by atoms with Crippen LogP contribution in [0.15, 0.2) is 18.3 Å². The Hall–Kier alpha value is -1.65. The number of carbonyl (C=O) groups is 1. The number of halogens is 1. The zero-order chi connectivity index (χ0) is 16.8. The first-order valence-corrected chi connectivity index (χ1v) is 8.80. The minimum Gasteiger partial charge on any atom is -0.383 e. The molecule has 1 rings (SSSR count). The van der Waals surface area contributed by atoms with Crippen molar-refractivity contribution in [2.75, 3.05) is 19.0 Å². The predicted octanol–water partition coefficient (Wildman–Crippen LogP) is 4.26. The zero-order valence-corrected chi connectivity index (χ0v) is 14.0. The second kappa shape index (κ2) is 12.9. The molecular weight excluding hydrogens is 293 g/mol. The van der Waals surface area contributed by atoms with Crippen LogP contribution in [0.5, 0.6) is 0 Å². The van der Waals surface area contributed by atoms with Crippen LogP contribution in [0.3, 0.4) is 0 Å². The summed E-state index contributed by atoms with van der Waals surface area (Å²) in [6.07, 6.45) is 12.8. The van der Waals surface area contributed by atoms with E-state index in [1.165, 1.54) is 32.1 Å². The summed E-state index contributed by atoms with van der Waals surface area (Å²) in [5.41, 5.74) is 6.11. The number of unbranched alkanes of at least 4 members (excludes halogenated alkanes) is 9.